The molecule has 0 fully saturated rings. The molecule has 0 rings (SSSR count). The van der Waals surface area contributed by atoms with Gasteiger partial charge in [-0.15, -0.1) is 11.6 Å². The second kappa shape index (κ2) is 5.41. The number of rotatable bonds is 5. The van der Waals surface area contributed by atoms with Gasteiger partial charge < -0.3 is 5.32 Å². The van der Waals surface area contributed by atoms with E-state index in [0.29, 0.717) is 12.3 Å². The number of alkyl halides is 1. The Morgan fingerprint density at radius 3 is 2.50 bits per heavy atom. The van der Waals surface area contributed by atoms with E-state index in [1.54, 1.807) is 0 Å². The molecule has 0 aliphatic heterocycles. The van der Waals surface area contributed by atoms with Gasteiger partial charge in [0.1, 0.15) is 0 Å². The Hall–Kier alpha value is -0.240. The number of hydrogen-bond donors (Lipinski definition) is 1. The van der Waals surface area contributed by atoms with E-state index in [9.17, 15) is 4.79 Å². The molecule has 0 aromatic heterocycles. The van der Waals surface area contributed by atoms with Gasteiger partial charge in [-0.2, -0.15) is 0 Å². The van der Waals surface area contributed by atoms with Crippen LogP contribution in [0.1, 0.15) is 40.0 Å². The third kappa shape index (κ3) is 5.42. The van der Waals surface area contributed by atoms with Gasteiger partial charge >= 0.3 is 0 Å². The summed E-state index contributed by atoms with van der Waals surface area (Å²) in [5.74, 6) is 0.655. The fourth-order valence-electron chi connectivity index (χ4n) is 0.756. The highest BCUT2D eigenvalue weighted by Gasteiger charge is 2.16. The fraction of sp³-hybridized carbons (Fsp3) is 0.889. The van der Waals surface area contributed by atoms with Crippen LogP contribution in [-0.2, 0) is 4.79 Å². The van der Waals surface area contributed by atoms with Crippen LogP contribution >= 0.6 is 11.6 Å². The summed E-state index contributed by atoms with van der Waals surface area (Å²) in [6, 6.07) is 0. The molecule has 0 aromatic carbocycles. The van der Waals surface area contributed by atoms with Gasteiger partial charge in [-0.05, 0) is 26.7 Å². The molecule has 0 aliphatic carbocycles. The van der Waals surface area contributed by atoms with Crippen molar-refractivity contribution in [2.24, 2.45) is 0 Å². The molecular formula is C9H18ClNO. The Kier molecular flexibility index (Phi) is 5.31. The maximum Gasteiger partial charge on any atom is 0.220 e. The Labute approximate surface area is 79.7 Å². The van der Waals surface area contributed by atoms with Crippen LogP contribution in [-0.4, -0.2) is 17.3 Å². The van der Waals surface area contributed by atoms with Crippen molar-refractivity contribution >= 4 is 17.5 Å². The summed E-state index contributed by atoms with van der Waals surface area (Å²) in [7, 11) is 0. The lowest BCUT2D eigenvalue weighted by atomic mass is 10.0. The lowest BCUT2D eigenvalue weighted by Crippen LogP contribution is -2.42. The number of hydrogen-bond acceptors (Lipinski definition) is 1. The molecule has 0 bridgehead atoms. The second-order valence-corrected chi connectivity index (χ2v) is 3.96. The number of nitrogens with one attached hydrogen (secondary N) is 1. The highest BCUT2D eigenvalue weighted by Crippen LogP contribution is 2.07. The first-order valence-corrected chi connectivity index (χ1v) is 4.92. The van der Waals surface area contributed by atoms with E-state index in [-0.39, 0.29) is 11.4 Å². The molecule has 0 unspecified atom stereocenters. The van der Waals surface area contributed by atoms with E-state index in [0.717, 1.165) is 12.8 Å². The summed E-state index contributed by atoms with van der Waals surface area (Å²) in [4.78, 5) is 11.2. The molecule has 3 heteroatoms. The number of carbonyl (C=O) groups is 1. The normalized spacial score (nSPS) is 11.3. The van der Waals surface area contributed by atoms with Crippen molar-refractivity contribution in [1.29, 1.82) is 0 Å². The number of carbonyl (C=O) groups excluding carboxylic acids is 1. The number of amides is 1. The SMILES string of the molecule is CCC(C)(C)NC(=O)CCCCl. The van der Waals surface area contributed by atoms with Crippen LogP contribution in [0.25, 0.3) is 0 Å². The summed E-state index contributed by atoms with van der Waals surface area (Å²) >= 11 is 5.47. The average Bonchev–Trinajstić information content (AvgIpc) is 2.00. The van der Waals surface area contributed by atoms with Crippen LogP contribution in [0, 0.1) is 0 Å². The Balaban J connectivity index is 3.68. The smallest absolute Gasteiger partial charge is 0.220 e. The molecule has 0 aliphatic rings. The summed E-state index contributed by atoms with van der Waals surface area (Å²) in [5, 5.41) is 2.94. The Morgan fingerprint density at radius 1 is 1.50 bits per heavy atom. The molecule has 1 amide bonds. The first-order chi connectivity index (χ1) is 5.52. The van der Waals surface area contributed by atoms with Crippen molar-refractivity contribution in [3.05, 3.63) is 0 Å². The minimum atomic E-state index is -0.0800. The predicted octanol–water partition coefficient (Wildman–Crippen LogP) is 2.31. The van der Waals surface area contributed by atoms with Gasteiger partial charge in [0.25, 0.3) is 0 Å². The second-order valence-electron chi connectivity index (χ2n) is 3.58. The zero-order chi connectivity index (χ0) is 9.61. The standard InChI is InChI=1S/C9H18ClNO/c1-4-9(2,3)11-8(12)6-5-7-10/h4-7H2,1-3H3,(H,11,12). The van der Waals surface area contributed by atoms with Crippen molar-refractivity contribution < 1.29 is 4.79 Å². The minimum Gasteiger partial charge on any atom is -0.351 e. The molecule has 0 aromatic rings. The zero-order valence-electron chi connectivity index (χ0n) is 8.11. The third-order valence-corrected chi connectivity index (χ3v) is 2.17. The topological polar surface area (TPSA) is 29.1 Å². The van der Waals surface area contributed by atoms with Crippen molar-refractivity contribution in [2.75, 3.05) is 5.88 Å². The average molecular weight is 192 g/mol. The molecule has 0 saturated heterocycles. The molecule has 0 saturated carbocycles. The summed E-state index contributed by atoms with van der Waals surface area (Å²) in [5.41, 5.74) is -0.0800. The Morgan fingerprint density at radius 2 is 2.08 bits per heavy atom. The van der Waals surface area contributed by atoms with Crippen molar-refractivity contribution in [1.82, 2.24) is 5.32 Å². The summed E-state index contributed by atoms with van der Waals surface area (Å²) in [6.45, 7) is 6.10. The van der Waals surface area contributed by atoms with E-state index in [2.05, 4.69) is 12.2 Å². The van der Waals surface area contributed by atoms with E-state index in [1.165, 1.54) is 0 Å². The molecule has 0 atom stereocenters. The van der Waals surface area contributed by atoms with Crippen LogP contribution < -0.4 is 5.32 Å². The van der Waals surface area contributed by atoms with Gasteiger partial charge in [0.15, 0.2) is 0 Å². The largest absolute Gasteiger partial charge is 0.351 e. The quantitative estimate of drug-likeness (QED) is 0.664. The van der Waals surface area contributed by atoms with E-state index >= 15 is 0 Å². The molecule has 0 radical (unpaired) electrons. The molecule has 1 N–H and O–H groups in total. The van der Waals surface area contributed by atoms with Gasteiger partial charge in [0.2, 0.25) is 5.91 Å². The molecule has 12 heavy (non-hydrogen) atoms. The Bertz CT molecular complexity index is 145. The first-order valence-electron chi connectivity index (χ1n) is 4.39. The van der Waals surface area contributed by atoms with Crippen molar-refractivity contribution in [3.63, 3.8) is 0 Å². The first kappa shape index (κ1) is 11.8. The molecular weight excluding hydrogens is 174 g/mol. The van der Waals surface area contributed by atoms with Gasteiger partial charge in [0.05, 0.1) is 0 Å². The van der Waals surface area contributed by atoms with Crippen LogP contribution in [0.15, 0.2) is 0 Å². The maximum absolute atomic E-state index is 11.2. The van der Waals surface area contributed by atoms with E-state index < -0.39 is 0 Å². The predicted molar refractivity (Wildman–Crippen MR) is 52.5 cm³/mol. The lowest BCUT2D eigenvalue weighted by Gasteiger charge is -2.24. The lowest BCUT2D eigenvalue weighted by molar-refractivity contribution is -0.122. The molecule has 72 valence electrons. The highest BCUT2D eigenvalue weighted by molar-refractivity contribution is 6.17. The van der Waals surface area contributed by atoms with Crippen molar-refractivity contribution in [3.8, 4) is 0 Å². The van der Waals surface area contributed by atoms with Gasteiger partial charge in [0, 0.05) is 17.8 Å². The van der Waals surface area contributed by atoms with Crippen LogP contribution in [0.5, 0.6) is 0 Å². The molecule has 2 nitrogen and oxygen atoms in total. The monoisotopic (exact) mass is 191 g/mol. The molecule has 0 heterocycles. The maximum atomic E-state index is 11.2. The number of halogens is 1. The van der Waals surface area contributed by atoms with Gasteiger partial charge in [-0.1, -0.05) is 6.92 Å². The minimum absolute atomic E-state index is 0.0800. The van der Waals surface area contributed by atoms with E-state index in [4.69, 9.17) is 11.6 Å². The highest BCUT2D eigenvalue weighted by atomic mass is 35.5. The van der Waals surface area contributed by atoms with Crippen LogP contribution in [0.3, 0.4) is 0 Å². The molecule has 0 spiro atoms. The fourth-order valence-corrected chi connectivity index (χ4v) is 0.889. The summed E-state index contributed by atoms with van der Waals surface area (Å²) in [6.07, 6.45) is 2.24. The third-order valence-electron chi connectivity index (χ3n) is 1.90. The van der Waals surface area contributed by atoms with Gasteiger partial charge in [-0.25, -0.2) is 0 Å². The van der Waals surface area contributed by atoms with E-state index in [1.807, 2.05) is 13.8 Å². The van der Waals surface area contributed by atoms with Gasteiger partial charge in [-0.3, -0.25) is 4.79 Å². The van der Waals surface area contributed by atoms with Crippen LogP contribution in [0.2, 0.25) is 0 Å². The van der Waals surface area contributed by atoms with Crippen molar-refractivity contribution in [2.45, 2.75) is 45.6 Å². The zero-order valence-corrected chi connectivity index (χ0v) is 8.87. The van der Waals surface area contributed by atoms with Crippen LogP contribution in [0.4, 0.5) is 0 Å². The summed E-state index contributed by atoms with van der Waals surface area (Å²) < 4.78 is 0.